The summed E-state index contributed by atoms with van der Waals surface area (Å²) in [6.07, 6.45) is -0.354. The summed E-state index contributed by atoms with van der Waals surface area (Å²) in [7, 11) is 0. The molecule has 6 amide bonds. The number of thioether (sulfide) groups is 1. The van der Waals surface area contributed by atoms with Gasteiger partial charge in [0.2, 0.25) is 35.4 Å². The summed E-state index contributed by atoms with van der Waals surface area (Å²) in [4.78, 5) is 105. The molecule has 19 nitrogen and oxygen atoms in total. The summed E-state index contributed by atoms with van der Waals surface area (Å²) in [5, 5.41) is 48.3. The van der Waals surface area contributed by atoms with Gasteiger partial charge in [0.1, 0.15) is 30.2 Å². The Morgan fingerprint density at radius 3 is 1.69 bits per heavy atom. The smallest absolute Gasteiger partial charge is 0.328 e. The predicted molar refractivity (Wildman–Crippen MR) is 186 cm³/mol. The van der Waals surface area contributed by atoms with Crippen molar-refractivity contribution >= 4 is 59.1 Å². The summed E-state index contributed by atoms with van der Waals surface area (Å²) in [6.45, 7) is 5.99. The van der Waals surface area contributed by atoms with Crippen LogP contribution in [0.25, 0.3) is 0 Å². The fourth-order valence-electron chi connectivity index (χ4n) is 6.08. The second-order valence-electron chi connectivity index (χ2n) is 13.4. The summed E-state index contributed by atoms with van der Waals surface area (Å²) in [5.74, 6) is -7.67. The first-order valence-corrected chi connectivity index (χ1v) is 18.6. The Morgan fingerprint density at radius 2 is 1.23 bits per heavy atom. The zero-order chi connectivity index (χ0) is 39.4. The third kappa shape index (κ3) is 12.0. The van der Waals surface area contributed by atoms with Crippen molar-refractivity contribution in [3.8, 4) is 0 Å². The van der Waals surface area contributed by atoms with E-state index < -0.39 is 108 Å². The van der Waals surface area contributed by atoms with Crippen molar-refractivity contribution in [2.45, 2.75) is 121 Å². The highest BCUT2D eigenvalue weighted by molar-refractivity contribution is 7.98. The summed E-state index contributed by atoms with van der Waals surface area (Å²) in [5.41, 5.74) is 6.07. The van der Waals surface area contributed by atoms with Crippen molar-refractivity contribution in [2.24, 2.45) is 11.7 Å². The third-order valence-electron chi connectivity index (χ3n) is 8.98. The molecule has 0 unspecified atom stereocenters. The number of carbonyl (C=O) groups is 8. The lowest BCUT2D eigenvalue weighted by molar-refractivity contribution is -0.147. The first-order valence-electron chi connectivity index (χ1n) is 17.2. The molecule has 2 rings (SSSR count). The molecular weight excluding hydrogens is 706 g/mol. The molecule has 9 atom stereocenters. The SMILES string of the molecule is CSCC[C@H](N)C(=O)N1CCC[C@H]1C(=O)N[C@H](C(=O)N[C@H](C(=O)N1CCC[C@H]1C(=O)N[C@@H](CC(=O)O)C(=O)N[C@H](C(=O)O)[C@@H](C)O)[C@@H](C)O)C(C)C. The number of aliphatic hydroxyl groups is 2. The summed E-state index contributed by atoms with van der Waals surface area (Å²) >= 11 is 1.54. The molecule has 2 heterocycles. The minimum Gasteiger partial charge on any atom is -0.481 e. The molecule has 2 saturated heterocycles. The molecule has 0 saturated carbocycles. The van der Waals surface area contributed by atoms with Gasteiger partial charge in [-0.2, -0.15) is 11.8 Å². The molecule has 52 heavy (non-hydrogen) atoms. The van der Waals surface area contributed by atoms with Crippen LogP contribution in [0.5, 0.6) is 0 Å². The molecule has 0 bridgehead atoms. The minimum absolute atomic E-state index is 0.00386. The number of nitrogens with zero attached hydrogens (tertiary/aromatic N) is 2. The van der Waals surface area contributed by atoms with Crippen LogP contribution in [0.15, 0.2) is 0 Å². The summed E-state index contributed by atoms with van der Waals surface area (Å²) < 4.78 is 0. The van der Waals surface area contributed by atoms with E-state index in [9.17, 15) is 58.8 Å². The fourth-order valence-corrected chi connectivity index (χ4v) is 6.57. The highest BCUT2D eigenvalue weighted by atomic mass is 32.2. The van der Waals surface area contributed by atoms with Crippen LogP contribution >= 0.6 is 11.8 Å². The number of carboxylic acids is 2. The van der Waals surface area contributed by atoms with Gasteiger partial charge >= 0.3 is 11.9 Å². The van der Waals surface area contributed by atoms with Gasteiger partial charge in [-0.05, 0) is 63.9 Å². The molecule has 0 spiro atoms. The molecule has 0 aromatic heterocycles. The molecule has 0 radical (unpaired) electrons. The molecule has 10 N–H and O–H groups in total. The maximum absolute atomic E-state index is 13.8. The van der Waals surface area contributed by atoms with E-state index in [0.29, 0.717) is 38.0 Å². The monoisotopic (exact) mass is 759 g/mol. The van der Waals surface area contributed by atoms with Crippen LogP contribution in [0, 0.1) is 5.92 Å². The lowest BCUT2D eigenvalue weighted by Gasteiger charge is -2.33. The molecule has 0 aromatic carbocycles. The van der Waals surface area contributed by atoms with Gasteiger partial charge in [-0.3, -0.25) is 33.6 Å². The van der Waals surface area contributed by atoms with E-state index in [-0.39, 0.29) is 18.9 Å². The van der Waals surface area contributed by atoms with Gasteiger partial charge in [-0.1, -0.05) is 13.8 Å². The minimum atomic E-state index is -1.80. The van der Waals surface area contributed by atoms with Crippen LogP contribution in [-0.4, -0.2) is 157 Å². The first kappa shape index (κ1) is 44.2. The lowest BCUT2D eigenvalue weighted by Crippen LogP contribution is -2.62. The average molecular weight is 760 g/mol. The standard InChI is InChI=1S/C32H53N7O12S/c1-15(2)23(35-28(46)21-9-6-11-38(21)30(48)18(33)10-13-52-5)29(47)36-24(16(3)40)31(49)39-12-7-8-20(39)27(45)34-19(14-22(42)43)26(44)37-25(17(4)41)32(50)51/h15-21,23-25,40-41H,6-14,33H2,1-5H3,(H,34,45)(H,35,46)(H,36,47)(H,37,44)(H,42,43)(H,50,51)/t16-,17-,18+,19+,20+,21+,23+,24+,25+/m1/s1. The van der Waals surface area contributed by atoms with Crippen LogP contribution in [0.4, 0.5) is 0 Å². The van der Waals surface area contributed by atoms with Gasteiger partial charge in [0.15, 0.2) is 6.04 Å². The number of hydrogen-bond donors (Lipinski definition) is 9. The Balaban J connectivity index is 2.19. The fraction of sp³-hybridized carbons (Fsp3) is 0.750. The lowest BCUT2D eigenvalue weighted by atomic mass is 10.0. The van der Waals surface area contributed by atoms with Crippen molar-refractivity contribution in [1.29, 1.82) is 0 Å². The molecule has 20 heteroatoms. The van der Waals surface area contributed by atoms with Gasteiger partial charge < -0.3 is 57.2 Å². The van der Waals surface area contributed by atoms with Gasteiger partial charge in [0.25, 0.3) is 0 Å². The van der Waals surface area contributed by atoms with Crippen LogP contribution in [0.1, 0.15) is 66.2 Å². The molecule has 294 valence electrons. The largest absolute Gasteiger partial charge is 0.481 e. The number of carboxylic acid groups (broad SMARTS) is 2. The number of nitrogens with one attached hydrogen (secondary N) is 4. The van der Waals surface area contributed by atoms with Crippen LogP contribution < -0.4 is 27.0 Å². The number of aliphatic carboxylic acids is 2. The average Bonchev–Trinajstić information content (AvgIpc) is 3.76. The molecule has 0 aliphatic carbocycles. The number of amides is 6. The van der Waals surface area contributed by atoms with Gasteiger partial charge in [-0.25, -0.2) is 4.79 Å². The zero-order valence-electron chi connectivity index (χ0n) is 30.1. The third-order valence-corrected chi connectivity index (χ3v) is 9.62. The van der Waals surface area contributed by atoms with Crippen molar-refractivity contribution in [1.82, 2.24) is 31.1 Å². The Morgan fingerprint density at radius 1 is 0.731 bits per heavy atom. The quantitative estimate of drug-likeness (QED) is 0.0633. The molecule has 2 fully saturated rings. The normalized spacial score (nSPS) is 21.2. The molecule has 0 aromatic rings. The van der Waals surface area contributed by atoms with E-state index in [1.54, 1.807) is 25.6 Å². The molecule has 2 aliphatic heterocycles. The molecular formula is C32H53N7O12S. The maximum atomic E-state index is 13.8. The highest BCUT2D eigenvalue weighted by Crippen LogP contribution is 2.22. The number of likely N-dealkylation sites (tertiary alicyclic amines) is 2. The Kier molecular flexibility index (Phi) is 17.2. The van der Waals surface area contributed by atoms with Crippen molar-refractivity contribution in [3.63, 3.8) is 0 Å². The molecule has 2 aliphatic rings. The number of nitrogens with two attached hydrogens (primary N) is 1. The van der Waals surface area contributed by atoms with E-state index in [0.717, 1.165) is 11.8 Å². The van der Waals surface area contributed by atoms with Crippen molar-refractivity contribution in [3.05, 3.63) is 0 Å². The Bertz CT molecular complexity index is 1330. The number of rotatable bonds is 19. The van der Waals surface area contributed by atoms with Crippen LogP contribution in [0.2, 0.25) is 0 Å². The Labute approximate surface area is 306 Å². The Hall–Kier alpha value is -4.01. The number of carbonyl (C=O) groups excluding carboxylic acids is 6. The van der Waals surface area contributed by atoms with E-state index >= 15 is 0 Å². The topological polar surface area (TPSA) is 298 Å². The first-order chi connectivity index (χ1) is 24.3. The number of aliphatic hydroxyl groups excluding tert-OH is 2. The van der Waals surface area contributed by atoms with Gasteiger partial charge in [0.05, 0.1) is 24.7 Å². The van der Waals surface area contributed by atoms with Crippen LogP contribution in [-0.2, 0) is 38.4 Å². The van der Waals surface area contributed by atoms with Crippen molar-refractivity contribution < 1.29 is 58.8 Å². The second-order valence-corrected chi connectivity index (χ2v) is 14.4. The van der Waals surface area contributed by atoms with Crippen molar-refractivity contribution in [2.75, 3.05) is 25.1 Å². The van der Waals surface area contributed by atoms with E-state index in [4.69, 9.17) is 5.73 Å². The highest BCUT2D eigenvalue weighted by Gasteiger charge is 2.43. The van der Waals surface area contributed by atoms with Gasteiger partial charge in [-0.15, -0.1) is 0 Å². The summed E-state index contributed by atoms with van der Waals surface area (Å²) in [6, 6.07) is -9.23. The van der Waals surface area contributed by atoms with E-state index in [1.807, 2.05) is 11.6 Å². The number of hydrogen-bond acceptors (Lipinski definition) is 12. The van der Waals surface area contributed by atoms with Gasteiger partial charge in [0, 0.05) is 13.1 Å². The van der Waals surface area contributed by atoms with E-state index in [1.165, 1.54) is 11.8 Å². The zero-order valence-corrected chi connectivity index (χ0v) is 30.9. The van der Waals surface area contributed by atoms with Crippen LogP contribution in [0.3, 0.4) is 0 Å². The predicted octanol–water partition coefficient (Wildman–Crippen LogP) is -3.04. The van der Waals surface area contributed by atoms with E-state index in [2.05, 4.69) is 16.0 Å². The maximum Gasteiger partial charge on any atom is 0.328 e. The second kappa shape index (κ2) is 20.3.